The zero-order valence-electron chi connectivity index (χ0n) is 16.7. The summed E-state index contributed by atoms with van der Waals surface area (Å²) >= 11 is 0. The predicted octanol–water partition coefficient (Wildman–Crippen LogP) is 3.55. The van der Waals surface area contributed by atoms with Gasteiger partial charge in [-0.15, -0.1) is 0 Å². The summed E-state index contributed by atoms with van der Waals surface area (Å²) in [6.45, 7) is 2.01. The molecule has 0 aliphatic carbocycles. The van der Waals surface area contributed by atoms with Gasteiger partial charge in [0.2, 0.25) is 5.91 Å². The van der Waals surface area contributed by atoms with E-state index in [-0.39, 0.29) is 18.7 Å². The number of hydrogen-bond donors (Lipinski definition) is 1. The third-order valence-corrected chi connectivity index (χ3v) is 4.90. The number of ether oxygens (including phenoxy) is 2. The van der Waals surface area contributed by atoms with Crippen molar-refractivity contribution in [1.82, 2.24) is 5.01 Å². The van der Waals surface area contributed by atoms with Crippen LogP contribution in [0.5, 0.6) is 11.5 Å². The molecule has 7 nitrogen and oxygen atoms in total. The lowest BCUT2D eigenvalue weighted by Crippen LogP contribution is -2.27. The first-order chi connectivity index (χ1) is 13.9. The first-order valence-corrected chi connectivity index (χ1v) is 9.33. The van der Waals surface area contributed by atoms with E-state index in [0.29, 0.717) is 17.9 Å². The average molecular weight is 396 g/mol. The van der Waals surface area contributed by atoms with Crippen LogP contribution in [0.15, 0.2) is 47.6 Å². The predicted molar refractivity (Wildman–Crippen MR) is 108 cm³/mol. The van der Waals surface area contributed by atoms with Gasteiger partial charge < -0.3 is 14.6 Å². The first kappa shape index (κ1) is 20.4. The van der Waals surface area contributed by atoms with Crippen molar-refractivity contribution in [1.29, 1.82) is 0 Å². The highest BCUT2D eigenvalue weighted by Crippen LogP contribution is 2.41. The Bertz CT molecular complexity index is 937. The molecule has 1 amide bonds. The summed E-state index contributed by atoms with van der Waals surface area (Å²) in [7, 11) is 3.11. The molecule has 3 rings (SSSR count). The Morgan fingerprint density at radius 2 is 1.83 bits per heavy atom. The van der Waals surface area contributed by atoms with E-state index in [9.17, 15) is 9.59 Å². The van der Waals surface area contributed by atoms with Crippen LogP contribution in [0.1, 0.15) is 42.0 Å². The number of aryl methyl sites for hydroxylation is 1. The average Bonchev–Trinajstić information content (AvgIpc) is 3.17. The van der Waals surface area contributed by atoms with Gasteiger partial charge in [0.25, 0.3) is 0 Å². The molecular weight excluding hydrogens is 372 g/mol. The molecule has 0 saturated carbocycles. The van der Waals surface area contributed by atoms with E-state index in [2.05, 4.69) is 5.10 Å². The molecule has 29 heavy (non-hydrogen) atoms. The maximum atomic E-state index is 12.8. The Morgan fingerprint density at radius 3 is 2.45 bits per heavy atom. The number of hydrazone groups is 1. The highest BCUT2D eigenvalue weighted by molar-refractivity contribution is 6.03. The number of rotatable bonds is 7. The van der Waals surface area contributed by atoms with Crippen LogP contribution in [-0.4, -0.2) is 41.9 Å². The normalized spacial score (nSPS) is 15.8. The van der Waals surface area contributed by atoms with Crippen molar-refractivity contribution in [3.05, 3.63) is 59.2 Å². The fourth-order valence-corrected chi connectivity index (χ4v) is 3.41. The molecule has 152 valence electrons. The number of amides is 1. The number of carboxylic acids is 1. The number of aliphatic carboxylic acids is 1. The minimum absolute atomic E-state index is 0.122. The van der Waals surface area contributed by atoms with Gasteiger partial charge in [0, 0.05) is 18.4 Å². The number of methoxy groups -OCH3 is 2. The molecule has 7 heteroatoms. The molecule has 1 N–H and O–H groups in total. The lowest BCUT2D eigenvalue weighted by atomic mass is 9.96. The van der Waals surface area contributed by atoms with Gasteiger partial charge in [0.15, 0.2) is 11.5 Å². The van der Waals surface area contributed by atoms with Gasteiger partial charge in [-0.2, -0.15) is 5.10 Å². The molecule has 1 atom stereocenters. The standard InChI is InChI=1S/C22H24N2O5/c1-14-7-9-15(10-8-14)17-13-18(24(23-17)20(25)11-12-21(26)27)16-5-4-6-19(28-2)22(16)29-3/h4-10,18H,11-13H2,1-3H3,(H,26,27). The minimum atomic E-state index is -1.02. The molecule has 1 aliphatic rings. The van der Waals surface area contributed by atoms with E-state index in [1.165, 1.54) is 5.01 Å². The maximum Gasteiger partial charge on any atom is 0.303 e. The number of carbonyl (C=O) groups excluding carboxylic acids is 1. The summed E-state index contributed by atoms with van der Waals surface area (Å²) in [5, 5.41) is 14.9. The van der Waals surface area contributed by atoms with Crippen molar-refractivity contribution >= 4 is 17.6 Å². The molecule has 2 aromatic rings. The fraction of sp³-hybridized carbons (Fsp3) is 0.318. The second-order valence-electron chi connectivity index (χ2n) is 6.85. The van der Waals surface area contributed by atoms with Crippen LogP contribution >= 0.6 is 0 Å². The van der Waals surface area contributed by atoms with Gasteiger partial charge in [-0.1, -0.05) is 42.0 Å². The summed E-state index contributed by atoms with van der Waals surface area (Å²) in [5.74, 6) is -0.261. The Morgan fingerprint density at radius 1 is 1.10 bits per heavy atom. The summed E-state index contributed by atoms with van der Waals surface area (Å²) in [4.78, 5) is 23.7. The van der Waals surface area contributed by atoms with Crippen molar-refractivity contribution in [2.24, 2.45) is 5.10 Å². The van der Waals surface area contributed by atoms with Crippen LogP contribution in [-0.2, 0) is 9.59 Å². The Labute approximate surface area is 169 Å². The van der Waals surface area contributed by atoms with E-state index >= 15 is 0 Å². The Balaban J connectivity index is 1.99. The zero-order valence-corrected chi connectivity index (χ0v) is 16.7. The van der Waals surface area contributed by atoms with Gasteiger partial charge in [-0.25, -0.2) is 5.01 Å². The van der Waals surface area contributed by atoms with Crippen molar-refractivity contribution in [3.63, 3.8) is 0 Å². The van der Waals surface area contributed by atoms with Crippen LogP contribution in [0, 0.1) is 6.92 Å². The zero-order chi connectivity index (χ0) is 21.0. The molecule has 1 unspecified atom stereocenters. The van der Waals surface area contributed by atoms with Crippen LogP contribution in [0.2, 0.25) is 0 Å². The molecule has 0 saturated heterocycles. The third-order valence-electron chi connectivity index (χ3n) is 4.90. The second-order valence-corrected chi connectivity index (χ2v) is 6.85. The van der Waals surface area contributed by atoms with Crippen molar-refractivity contribution in [2.75, 3.05) is 14.2 Å². The van der Waals surface area contributed by atoms with Crippen LogP contribution < -0.4 is 9.47 Å². The van der Waals surface area contributed by atoms with E-state index in [1.807, 2.05) is 43.3 Å². The van der Waals surface area contributed by atoms with Crippen molar-refractivity contribution in [3.8, 4) is 11.5 Å². The number of carboxylic acid groups (broad SMARTS) is 1. The van der Waals surface area contributed by atoms with Crippen molar-refractivity contribution < 1.29 is 24.2 Å². The Kier molecular flexibility index (Phi) is 6.16. The first-order valence-electron chi connectivity index (χ1n) is 9.33. The molecule has 0 aromatic heterocycles. The summed E-state index contributed by atoms with van der Waals surface area (Å²) in [5.41, 5.74) is 3.59. The second kappa shape index (κ2) is 8.77. The maximum absolute atomic E-state index is 12.8. The largest absolute Gasteiger partial charge is 0.493 e. The van der Waals surface area contributed by atoms with Crippen LogP contribution in [0.25, 0.3) is 0 Å². The molecule has 0 fully saturated rings. The summed E-state index contributed by atoms with van der Waals surface area (Å²) in [6.07, 6.45) is 0.126. The topological polar surface area (TPSA) is 88.4 Å². The van der Waals surface area contributed by atoms with Gasteiger partial charge >= 0.3 is 5.97 Å². The molecular formula is C22H24N2O5. The van der Waals surface area contributed by atoms with Gasteiger partial charge in [0.05, 0.1) is 32.4 Å². The van der Waals surface area contributed by atoms with E-state index in [0.717, 1.165) is 22.4 Å². The molecule has 0 spiro atoms. The molecule has 0 radical (unpaired) electrons. The summed E-state index contributed by atoms with van der Waals surface area (Å²) < 4.78 is 10.9. The Hall–Kier alpha value is -3.35. The van der Waals surface area contributed by atoms with E-state index < -0.39 is 12.0 Å². The SMILES string of the molecule is COc1cccc(C2CC(c3ccc(C)cc3)=NN2C(=O)CCC(=O)O)c1OC. The number of hydrogen-bond acceptors (Lipinski definition) is 5. The highest BCUT2D eigenvalue weighted by Gasteiger charge is 2.35. The fourth-order valence-electron chi connectivity index (χ4n) is 3.41. The molecule has 2 aromatic carbocycles. The van der Waals surface area contributed by atoms with E-state index in [4.69, 9.17) is 14.6 Å². The van der Waals surface area contributed by atoms with Gasteiger partial charge in [-0.05, 0) is 18.6 Å². The molecule has 1 heterocycles. The number of nitrogens with zero attached hydrogens (tertiary/aromatic N) is 2. The van der Waals surface area contributed by atoms with Crippen molar-refractivity contribution in [2.45, 2.75) is 32.2 Å². The quantitative estimate of drug-likeness (QED) is 0.773. The summed E-state index contributed by atoms with van der Waals surface area (Å²) in [6, 6.07) is 13.0. The van der Waals surface area contributed by atoms with E-state index in [1.54, 1.807) is 20.3 Å². The number of carbonyl (C=O) groups is 2. The minimum Gasteiger partial charge on any atom is -0.493 e. The smallest absolute Gasteiger partial charge is 0.303 e. The monoisotopic (exact) mass is 396 g/mol. The van der Waals surface area contributed by atoms with Gasteiger partial charge in [0.1, 0.15) is 0 Å². The third kappa shape index (κ3) is 4.39. The number of para-hydroxylation sites is 1. The molecule has 1 aliphatic heterocycles. The van der Waals surface area contributed by atoms with Gasteiger partial charge in [-0.3, -0.25) is 9.59 Å². The lowest BCUT2D eigenvalue weighted by molar-refractivity contribution is -0.141. The lowest BCUT2D eigenvalue weighted by Gasteiger charge is -2.24. The van der Waals surface area contributed by atoms with Crippen LogP contribution in [0.4, 0.5) is 0 Å². The van der Waals surface area contributed by atoms with Crippen LogP contribution in [0.3, 0.4) is 0 Å². The highest BCUT2D eigenvalue weighted by atomic mass is 16.5. The molecule has 0 bridgehead atoms. The number of benzene rings is 2.